The highest BCUT2D eigenvalue weighted by molar-refractivity contribution is 7.84. The van der Waals surface area contributed by atoms with Gasteiger partial charge in [-0.3, -0.25) is 0 Å². The van der Waals surface area contributed by atoms with Gasteiger partial charge in [0.1, 0.15) is 5.75 Å². The summed E-state index contributed by atoms with van der Waals surface area (Å²) >= 11 is 0. The summed E-state index contributed by atoms with van der Waals surface area (Å²) in [6, 6.07) is 4.99. The number of nitrogens with zero attached hydrogens (tertiary/aromatic N) is 2. The van der Waals surface area contributed by atoms with Gasteiger partial charge in [-0.15, -0.1) is 0 Å². The fraction of sp³-hybridized carbons (Fsp3) is 0.300. The Morgan fingerprint density at radius 2 is 2.27 bits per heavy atom. The molecule has 1 heterocycles. The topological polar surface area (TPSA) is 52.9 Å². The molecule has 0 amide bonds. The second-order valence-corrected chi connectivity index (χ2v) is 4.45. The summed E-state index contributed by atoms with van der Waals surface area (Å²) < 4.78 is 15.7. The van der Waals surface area contributed by atoms with Crippen molar-refractivity contribution in [3.8, 4) is 5.75 Å². The Kier molecular flexibility index (Phi) is 2.48. The van der Waals surface area contributed by atoms with Gasteiger partial charge >= 0.3 is 0 Å². The highest BCUT2D eigenvalue weighted by Gasteiger charge is 2.27. The first kappa shape index (κ1) is 10.2. The molecule has 4 nitrogen and oxygen atoms in total. The molecule has 0 fully saturated rings. The average Bonchev–Trinajstić information content (AvgIpc) is 2.57. The smallest absolute Gasteiger partial charge is 0.175 e. The minimum atomic E-state index is -1.37. The van der Waals surface area contributed by atoms with Crippen LogP contribution >= 0.6 is 0 Å². The number of rotatable bonds is 1. The molecular weight excluding hydrogens is 212 g/mol. The molecule has 1 aromatic rings. The van der Waals surface area contributed by atoms with Crippen LogP contribution < -0.4 is 0 Å². The van der Waals surface area contributed by atoms with Crippen molar-refractivity contribution in [1.29, 1.82) is 0 Å². The van der Waals surface area contributed by atoms with Crippen LogP contribution in [0.5, 0.6) is 5.75 Å². The largest absolute Gasteiger partial charge is 0.507 e. The first-order valence-corrected chi connectivity index (χ1v) is 5.80. The van der Waals surface area contributed by atoms with Crippen LogP contribution in [-0.4, -0.2) is 33.6 Å². The van der Waals surface area contributed by atoms with Crippen molar-refractivity contribution in [1.82, 2.24) is 4.90 Å². The highest BCUT2D eigenvalue weighted by Crippen LogP contribution is 2.31. The molecule has 1 atom stereocenters. The molecule has 1 unspecified atom stereocenters. The van der Waals surface area contributed by atoms with Crippen LogP contribution in [0.1, 0.15) is 12.5 Å². The Morgan fingerprint density at radius 1 is 1.53 bits per heavy atom. The number of fused-ring (bicyclic) bond motifs is 1. The van der Waals surface area contributed by atoms with Gasteiger partial charge in [0.25, 0.3) is 0 Å². The van der Waals surface area contributed by atoms with E-state index in [-0.39, 0.29) is 5.75 Å². The maximum atomic E-state index is 11.6. The summed E-state index contributed by atoms with van der Waals surface area (Å²) in [6.07, 6.45) is 0. The average molecular weight is 224 g/mol. The fourth-order valence-electron chi connectivity index (χ4n) is 1.47. The van der Waals surface area contributed by atoms with Crippen molar-refractivity contribution in [2.24, 2.45) is 4.40 Å². The van der Waals surface area contributed by atoms with Gasteiger partial charge in [-0.1, -0.05) is 6.07 Å². The van der Waals surface area contributed by atoms with Crippen molar-refractivity contribution in [2.45, 2.75) is 11.8 Å². The molecule has 1 N–H and O–H groups in total. The lowest BCUT2D eigenvalue weighted by atomic mass is 10.1. The number of aromatic hydroxyl groups is 1. The Labute approximate surface area is 90.8 Å². The van der Waals surface area contributed by atoms with Crippen molar-refractivity contribution in [3.63, 3.8) is 0 Å². The van der Waals surface area contributed by atoms with Gasteiger partial charge in [-0.25, -0.2) is 4.21 Å². The first-order valence-electron chi connectivity index (χ1n) is 4.69. The molecule has 0 radical (unpaired) electrons. The van der Waals surface area contributed by atoms with E-state index in [1.165, 1.54) is 0 Å². The van der Waals surface area contributed by atoms with E-state index in [1.807, 2.05) is 18.9 Å². The van der Waals surface area contributed by atoms with Gasteiger partial charge in [0.2, 0.25) is 0 Å². The maximum absolute atomic E-state index is 11.6. The van der Waals surface area contributed by atoms with Gasteiger partial charge in [-0.05, 0) is 19.1 Å². The van der Waals surface area contributed by atoms with E-state index < -0.39 is 11.0 Å². The molecule has 0 spiro atoms. The fourth-order valence-corrected chi connectivity index (χ4v) is 2.53. The molecule has 0 aliphatic carbocycles. The SMILES string of the molecule is CCN(C)C1=NS(=O)c2cccc(O)c21. The molecule has 5 heteroatoms. The van der Waals surface area contributed by atoms with E-state index >= 15 is 0 Å². The van der Waals surface area contributed by atoms with Crippen LogP contribution in [0.3, 0.4) is 0 Å². The lowest BCUT2D eigenvalue weighted by Crippen LogP contribution is -2.26. The number of hydrogen-bond donors (Lipinski definition) is 1. The minimum Gasteiger partial charge on any atom is -0.507 e. The number of benzene rings is 1. The molecule has 0 saturated carbocycles. The van der Waals surface area contributed by atoms with Crippen LogP contribution in [0.25, 0.3) is 0 Å². The summed E-state index contributed by atoms with van der Waals surface area (Å²) in [5.74, 6) is 0.737. The summed E-state index contributed by atoms with van der Waals surface area (Å²) in [5, 5.41) is 9.72. The monoisotopic (exact) mass is 224 g/mol. The summed E-state index contributed by atoms with van der Waals surface area (Å²) in [5.41, 5.74) is 0.597. The Hall–Kier alpha value is -1.36. The molecule has 1 aliphatic rings. The van der Waals surface area contributed by atoms with Gasteiger partial charge < -0.3 is 10.0 Å². The number of hydrogen-bond acceptors (Lipinski definition) is 3. The highest BCUT2D eigenvalue weighted by atomic mass is 32.2. The molecule has 0 aromatic heterocycles. The first-order chi connectivity index (χ1) is 7.15. The van der Waals surface area contributed by atoms with Crippen molar-refractivity contribution >= 4 is 16.8 Å². The van der Waals surface area contributed by atoms with E-state index in [2.05, 4.69) is 4.40 Å². The standard InChI is InChI=1S/C10H12N2O2S/c1-3-12(2)10-9-7(13)5-4-6-8(9)15(14)11-10/h4-6,13H,3H2,1-2H3. The molecule has 0 bridgehead atoms. The Morgan fingerprint density at radius 3 is 2.93 bits per heavy atom. The Balaban J connectivity index is 2.57. The molecule has 1 aromatic carbocycles. The van der Waals surface area contributed by atoms with E-state index in [9.17, 15) is 9.32 Å². The van der Waals surface area contributed by atoms with Crippen LogP contribution in [0.2, 0.25) is 0 Å². The van der Waals surface area contributed by atoms with Crippen molar-refractivity contribution in [2.75, 3.05) is 13.6 Å². The van der Waals surface area contributed by atoms with Gasteiger partial charge in [0.05, 0.1) is 10.5 Å². The predicted molar refractivity (Wildman–Crippen MR) is 59.4 cm³/mol. The number of amidine groups is 1. The van der Waals surface area contributed by atoms with E-state index in [1.54, 1.807) is 18.2 Å². The molecule has 0 saturated heterocycles. The van der Waals surface area contributed by atoms with Crippen LogP contribution in [-0.2, 0) is 11.0 Å². The van der Waals surface area contributed by atoms with Gasteiger partial charge in [0, 0.05) is 13.6 Å². The van der Waals surface area contributed by atoms with Gasteiger partial charge in [0.15, 0.2) is 16.8 Å². The zero-order valence-electron chi connectivity index (χ0n) is 8.60. The zero-order chi connectivity index (χ0) is 11.0. The van der Waals surface area contributed by atoms with Crippen LogP contribution in [0.4, 0.5) is 0 Å². The maximum Gasteiger partial charge on any atom is 0.175 e. The number of phenols is 1. The van der Waals surface area contributed by atoms with Crippen LogP contribution in [0.15, 0.2) is 27.5 Å². The van der Waals surface area contributed by atoms with Crippen LogP contribution in [0, 0.1) is 0 Å². The molecule has 2 rings (SSSR count). The molecule has 80 valence electrons. The molecule has 15 heavy (non-hydrogen) atoms. The third-order valence-electron chi connectivity index (χ3n) is 2.42. The summed E-state index contributed by atoms with van der Waals surface area (Å²) in [6.45, 7) is 2.73. The minimum absolute atomic E-state index is 0.136. The van der Waals surface area contributed by atoms with Crippen molar-refractivity contribution in [3.05, 3.63) is 23.8 Å². The van der Waals surface area contributed by atoms with Crippen molar-refractivity contribution < 1.29 is 9.32 Å². The predicted octanol–water partition coefficient (Wildman–Crippen LogP) is 1.13. The van der Waals surface area contributed by atoms with E-state index in [4.69, 9.17) is 0 Å². The zero-order valence-corrected chi connectivity index (χ0v) is 9.41. The lowest BCUT2D eigenvalue weighted by Gasteiger charge is -2.16. The third-order valence-corrected chi connectivity index (χ3v) is 3.48. The quantitative estimate of drug-likeness (QED) is 0.778. The second kappa shape index (κ2) is 3.66. The van der Waals surface area contributed by atoms with Gasteiger partial charge in [-0.2, -0.15) is 4.40 Å². The molecular formula is C10H12N2O2S. The summed E-state index contributed by atoms with van der Waals surface area (Å²) in [7, 11) is 0.485. The summed E-state index contributed by atoms with van der Waals surface area (Å²) in [4.78, 5) is 2.45. The Bertz CT molecular complexity index is 457. The lowest BCUT2D eigenvalue weighted by molar-refractivity contribution is 0.468. The molecule has 1 aliphatic heterocycles. The third kappa shape index (κ3) is 1.52. The number of phenolic OH excluding ortho intramolecular Hbond substituents is 1. The second-order valence-electron chi connectivity index (χ2n) is 3.33. The van der Waals surface area contributed by atoms with E-state index in [0.717, 1.165) is 6.54 Å². The normalized spacial score (nSPS) is 18.5. The van der Waals surface area contributed by atoms with E-state index in [0.29, 0.717) is 16.3 Å².